The summed E-state index contributed by atoms with van der Waals surface area (Å²) in [5.41, 5.74) is 4.53. The number of carbonyl (C=O) groups excluding carboxylic acids is 1. The van der Waals surface area contributed by atoms with Gasteiger partial charge in [0.2, 0.25) is 0 Å². The summed E-state index contributed by atoms with van der Waals surface area (Å²) in [6.07, 6.45) is 3.33. The minimum absolute atomic E-state index is 0.0738. The van der Waals surface area contributed by atoms with Crippen molar-refractivity contribution in [1.82, 2.24) is 4.98 Å². The van der Waals surface area contributed by atoms with Crippen LogP contribution in [0.2, 0.25) is 0 Å². The Morgan fingerprint density at radius 2 is 1.93 bits per heavy atom. The van der Waals surface area contributed by atoms with Gasteiger partial charge in [0, 0.05) is 18.3 Å². The zero-order valence-electron chi connectivity index (χ0n) is 15.7. The predicted molar refractivity (Wildman–Crippen MR) is 109 cm³/mol. The third-order valence-electron chi connectivity index (χ3n) is 5.06. The molecular formula is C23H22FN3O. The summed E-state index contributed by atoms with van der Waals surface area (Å²) in [5, 5.41) is 3.29. The highest BCUT2D eigenvalue weighted by molar-refractivity contribution is 6.06. The fourth-order valence-corrected chi connectivity index (χ4v) is 3.63. The molecule has 0 bridgehead atoms. The third kappa shape index (κ3) is 3.74. The molecule has 1 amide bonds. The first-order valence-electron chi connectivity index (χ1n) is 9.47. The van der Waals surface area contributed by atoms with Gasteiger partial charge in [-0.15, -0.1) is 0 Å². The molecule has 1 unspecified atom stereocenters. The second kappa shape index (κ2) is 7.80. The Balaban J connectivity index is 1.39. The molecule has 2 heterocycles. The van der Waals surface area contributed by atoms with Gasteiger partial charge in [-0.1, -0.05) is 30.3 Å². The average molecular weight is 375 g/mol. The Morgan fingerprint density at radius 1 is 1.14 bits per heavy atom. The fourth-order valence-electron chi connectivity index (χ4n) is 3.63. The zero-order valence-corrected chi connectivity index (χ0v) is 15.7. The quantitative estimate of drug-likeness (QED) is 0.716. The van der Waals surface area contributed by atoms with Crippen LogP contribution >= 0.6 is 0 Å². The summed E-state index contributed by atoms with van der Waals surface area (Å²) in [6.45, 7) is 2.76. The molecule has 0 fully saturated rings. The van der Waals surface area contributed by atoms with Crippen LogP contribution in [0.1, 0.15) is 28.5 Å². The number of fused-ring (bicyclic) bond motifs is 1. The number of hydrogen-bond donors (Lipinski definition) is 1. The number of nitrogens with zero attached hydrogens (tertiary/aromatic N) is 2. The Kier molecular flexibility index (Phi) is 5.06. The highest BCUT2D eigenvalue weighted by Crippen LogP contribution is 2.32. The van der Waals surface area contributed by atoms with E-state index in [1.165, 1.54) is 17.7 Å². The van der Waals surface area contributed by atoms with Crippen LogP contribution in [0.25, 0.3) is 0 Å². The van der Waals surface area contributed by atoms with Crippen molar-refractivity contribution >= 4 is 17.3 Å². The fraction of sp³-hybridized carbons (Fsp3) is 0.217. The van der Waals surface area contributed by atoms with Gasteiger partial charge in [-0.3, -0.25) is 4.79 Å². The molecule has 1 atom stereocenters. The third-order valence-corrected chi connectivity index (χ3v) is 5.06. The summed E-state index contributed by atoms with van der Waals surface area (Å²) < 4.78 is 12.9. The number of halogens is 1. The number of benzene rings is 2. The van der Waals surface area contributed by atoms with Crippen molar-refractivity contribution in [2.24, 2.45) is 0 Å². The summed E-state index contributed by atoms with van der Waals surface area (Å²) in [7, 11) is 0. The molecule has 4 nitrogen and oxygen atoms in total. The SMILES string of the molecule is CC1Cc2ccccc2N1C(=O)c1ccc(NCCc2ccc(F)cc2)cn1. The molecule has 5 heteroatoms. The Morgan fingerprint density at radius 3 is 2.68 bits per heavy atom. The number of anilines is 2. The van der Waals surface area contributed by atoms with Gasteiger partial charge in [0.25, 0.3) is 5.91 Å². The molecule has 2 aromatic carbocycles. The van der Waals surface area contributed by atoms with Crippen LogP contribution < -0.4 is 10.2 Å². The topological polar surface area (TPSA) is 45.2 Å². The highest BCUT2D eigenvalue weighted by Gasteiger charge is 2.31. The average Bonchev–Trinajstić information content (AvgIpc) is 3.05. The number of carbonyl (C=O) groups is 1. The van der Waals surface area contributed by atoms with E-state index in [2.05, 4.69) is 23.3 Å². The molecule has 3 aromatic rings. The first-order valence-corrected chi connectivity index (χ1v) is 9.47. The van der Waals surface area contributed by atoms with Gasteiger partial charge in [-0.25, -0.2) is 9.37 Å². The van der Waals surface area contributed by atoms with Crippen molar-refractivity contribution in [2.75, 3.05) is 16.8 Å². The molecule has 1 N–H and O–H groups in total. The molecule has 0 saturated heterocycles. The van der Waals surface area contributed by atoms with E-state index in [9.17, 15) is 9.18 Å². The van der Waals surface area contributed by atoms with E-state index in [4.69, 9.17) is 0 Å². The number of aromatic nitrogens is 1. The number of para-hydroxylation sites is 1. The molecule has 0 radical (unpaired) electrons. The van der Waals surface area contributed by atoms with Crippen molar-refractivity contribution in [1.29, 1.82) is 0 Å². The number of pyridine rings is 1. The maximum absolute atomic E-state index is 13.0. The molecule has 1 aliphatic heterocycles. The number of hydrogen-bond acceptors (Lipinski definition) is 3. The summed E-state index contributed by atoms with van der Waals surface area (Å²) in [4.78, 5) is 19.2. The molecule has 142 valence electrons. The lowest BCUT2D eigenvalue weighted by Gasteiger charge is -2.22. The minimum Gasteiger partial charge on any atom is -0.383 e. The standard InChI is InChI=1S/C23H22FN3O/c1-16-14-18-4-2-3-5-22(18)27(16)23(28)21-11-10-20(15-26-21)25-13-12-17-6-8-19(24)9-7-17/h2-11,15-16,25H,12-14H2,1H3. The Hall–Kier alpha value is -3.21. The first-order chi connectivity index (χ1) is 13.6. The van der Waals surface area contributed by atoms with Crippen LogP contribution in [0.3, 0.4) is 0 Å². The lowest BCUT2D eigenvalue weighted by molar-refractivity contribution is 0.0976. The van der Waals surface area contributed by atoms with Gasteiger partial charge in [-0.2, -0.15) is 0 Å². The molecular weight excluding hydrogens is 353 g/mol. The van der Waals surface area contributed by atoms with E-state index in [1.807, 2.05) is 29.2 Å². The zero-order chi connectivity index (χ0) is 19.5. The van der Waals surface area contributed by atoms with Crippen molar-refractivity contribution in [2.45, 2.75) is 25.8 Å². The predicted octanol–water partition coefficient (Wildman–Crippen LogP) is 4.47. The van der Waals surface area contributed by atoms with Gasteiger partial charge in [0.15, 0.2) is 0 Å². The van der Waals surface area contributed by atoms with Gasteiger partial charge in [0.1, 0.15) is 11.5 Å². The molecule has 0 aliphatic carbocycles. The molecule has 4 rings (SSSR count). The van der Waals surface area contributed by atoms with E-state index in [-0.39, 0.29) is 17.8 Å². The van der Waals surface area contributed by atoms with Crippen LogP contribution in [0.5, 0.6) is 0 Å². The molecule has 0 saturated carbocycles. The molecule has 28 heavy (non-hydrogen) atoms. The smallest absolute Gasteiger partial charge is 0.277 e. The monoisotopic (exact) mass is 375 g/mol. The highest BCUT2D eigenvalue weighted by atomic mass is 19.1. The minimum atomic E-state index is -0.226. The second-order valence-electron chi connectivity index (χ2n) is 7.09. The van der Waals surface area contributed by atoms with E-state index in [0.29, 0.717) is 12.2 Å². The van der Waals surface area contributed by atoms with Crippen LogP contribution in [0.4, 0.5) is 15.8 Å². The summed E-state index contributed by atoms with van der Waals surface area (Å²) >= 11 is 0. The van der Waals surface area contributed by atoms with Gasteiger partial charge >= 0.3 is 0 Å². The first kappa shape index (κ1) is 18.2. The van der Waals surface area contributed by atoms with Crippen molar-refractivity contribution in [3.63, 3.8) is 0 Å². The lowest BCUT2D eigenvalue weighted by atomic mass is 10.1. The Bertz CT molecular complexity index is 970. The van der Waals surface area contributed by atoms with Crippen molar-refractivity contribution in [3.8, 4) is 0 Å². The normalized spacial score (nSPS) is 15.4. The van der Waals surface area contributed by atoms with E-state index >= 15 is 0 Å². The van der Waals surface area contributed by atoms with Crippen LogP contribution in [0, 0.1) is 5.82 Å². The van der Waals surface area contributed by atoms with Gasteiger partial charge < -0.3 is 10.2 Å². The van der Waals surface area contributed by atoms with Gasteiger partial charge in [0.05, 0.1) is 11.9 Å². The molecule has 0 spiro atoms. The Labute approximate surface area is 164 Å². The number of amides is 1. The number of rotatable bonds is 5. The van der Waals surface area contributed by atoms with E-state index < -0.39 is 0 Å². The van der Waals surface area contributed by atoms with E-state index in [0.717, 1.165) is 29.8 Å². The summed E-state index contributed by atoms with van der Waals surface area (Å²) in [6, 6.07) is 18.3. The molecule has 1 aliphatic rings. The molecule has 1 aromatic heterocycles. The van der Waals surface area contributed by atoms with Crippen LogP contribution in [-0.2, 0) is 12.8 Å². The van der Waals surface area contributed by atoms with Crippen LogP contribution in [-0.4, -0.2) is 23.5 Å². The van der Waals surface area contributed by atoms with Crippen molar-refractivity contribution < 1.29 is 9.18 Å². The van der Waals surface area contributed by atoms with Gasteiger partial charge in [-0.05, 0) is 61.2 Å². The summed E-state index contributed by atoms with van der Waals surface area (Å²) in [5.74, 6) is -0.300. The second-order valence-corrected chi connectivity index (χ2v) is 7.09. The lowest BCUT2D eigenvalue weighted by Crippen LogP contribution is -2.36. The largest absolute Gasteiger partial charge is 0.383 e. The van der Waals surface area contributed by atoms with Crippen LogP contribution in [0.15, 0.2) is 66.9 Å². The van der Waals surface area contributed by atoms with E-state index in [1.54, 1.807) is 24.4 Å². The van der Waals surface area contributed by atoms with Crippen molar-refractivity contribution in [3.05, 3.63) is 89.5 Å². The maximum Gasteiger partial charge on any atom is 0.277 e. The maximum atomic E-state index is 13.0. The number of nitrogens with one attached hydrogen (secondary N) is 1.